The van der Waals surface area contributed by atoms with E-state index in [9.17, 15) is 0 Å². The van der Waals surface area contributed by atoms with E-state index < -0.39 is 0 Å². The lowest BCUT2D eigenvalue weighted by Crippen LogP contribution is -2.33. The summed E-state index contributed by atoms with van der Waals surface area (Å²) in [6, 6.07) is 0. The quantitative estimate of drug-likeness (QED) is 0.604. The van der Waals surface area contributed by atoms with Gasteiger partial charge in [0.25, 0.3) is 0 Å². The van der Waals surface area contributed by atoms with Crippen LogP contribution in [0.1, 0.15) is 41.0 Å². The van der Waals surface area contributed by atoms with Crippen LogP contribution in [0.4, 0.5) is 0 Å². The molecule has 78 valence electrons. The van der Waals surface area contributed by atoms with Gasteiger partial charge >= 0.3 is 0 Å². The molecule has 0 aromatic rings. The van der Waals surface area contributed by atoms with Crippen LogP contribution in [0.5, 0.6) is 0 Å². The Labute approximate surface area is 83.5 Å². The topological polar surface area (TPSA) is 3.24 Å². The summed E-state index contributed by atoms with van der Waals surface area (Å²) in [6.45, 7) is 15.3. The third-order valence-corrected chi connectivity index (χ3v) is 4.07. The molecule has 2 saturated heterocycles. The van der Waals surface area contributed by atoms with Crippen molar-refractivity contribution in [2.75, 3.05) is 19.6 Å². The van der Waals surface area contributed by atoms with E-state index in [1.807, 2.05) is 13.8 Å². The summed E-state index contributed by atoms with van der Waals surface area (Å²) in [6.07, 6.45) is 1.45. The zero-order valence-electron chi connectivity index (χ0n) is 9.93. The Hall–Kier alpha value is -0.0400. The van der Waals surface area contributed by atoms with Crippen LogP contribution in [-0.4, -0.2) is 24.5 Å². The fraction of sp³-hybridized carbons (Fsp3) is 1.00. The highest BCUT2D eigenvalue weighted by Gasteiger charge is 2.50. The van der Waals surface area contributed by atoms with Gasteiger partial charge in [-0.15, -0.1) is 0 Å². The van der Waals surface area contributed by atoms with Crippen molar-refractivity contribution in [2.45, 2.75) is 41.0 Å². The van der Waals surface area contributed by atoms with Crippen LogP contribution in [0.3, 0.4) is 0 Å². The van der Waals surface area contributed by atoms with Crippen LogP contribution in [-0.2, 0) is 0 Å². The molecule has 2 fully saturated rings. The van der Waals surface area contributed by atoms with Gasteiger partial charge in [-0.3, -0.25) is 0 Å². The smallest absolute Gasteiger partial charge is 0.00441 e. The molecule has 3 unspecified atom stereocenters. The Morgan fingerprint density at radius 3 is 2.15 bits per heavy atom. The van der Waals surface area contributed by atoms with Crippen molar-refractivity contribution < 1.29 is 0 Å². The second kappa shape index (κ2) is 4.00. The summed E-state index contributed by atoms with van der Waals surface area (Å²) in [4.78, 5) is 2.63. The summed E-state index contributed by atoms with van der Waals surface area (Å²) in [7, 11) is 0. The van der Waals surface area contributed by atoms with Crippen LogP contribution in [0, 0.1) is 17.3 Å². The van der Waals surface area contributed by atoms with Gasteiger partial charge in [0.2, 0.25) is 0 Å². The minimum atomic E-state index is 0.694. The first-order chi connectivity index (χ1) is 6.15. The third-order valence-electron chi connectivity index (χ3n) is 4.07. The van der Waals surface area contributed by atoms with Gasteiger partial charge in [0.1, 0.15) is 0 Å². The minimum Gasteiger partial charge on any atom is -0.302 e. The average molecular weight is 183 g/mol. The normalized spacial score (nSPS) is 42.0. The van der Waals surface area contributed by atoms with Gasteiger partial charge in [0.15, 0.2) is 0 Å². The van der Waals surface area contributed by atoms with Crippen molar-refractivity contribution in [3.8, 4) is 0 Å². The molecule has 0 saturated carbocycles. The predicted octanol–water partition coefficient (Wildman–Crippen LogP) is 3.01. The Bertz CT molecular complexity index is 165. The molecule has 0 aromatic heterocycles. The van der Waals surface area contributed by atoms with Crippen LogP contribution < -0.4 is 0 Å². The Morgan fingerprint density at radius 2 is 1.92 bits per heavy atom. The number of fused-ring (bicyclic) bond motifs is 2. The van der Waals surface area contributed by atoms with E-state index in [0.29, 0.717) is 5.41 Å². The van der Waals surface area contributed by atoms with Gasteiger partial charge in [0, 0.05) is 13.1 Å². The number of nitrogens with zero attached hydrogens (tertiary/aromatic N) is 1. The molecule has 3 atom stereocenters. The van der Waals surface area contributed by atoms with Crippen molar-refractivity contribution in [2.24, 2.45) is 17.3 Å². The van der Waals surface area contributed by atoms with E-state index in [-0.39, 0.29) is 0 Å². The van der Waals surface area contributed by atoms with Crippen LogP contribution in [0.2, 0.25) is 0 Å². The number of hydrogen-bond donors (Lipinski definition) is 0. The van der Waals surface area contributed by atoms with E-state index in [2.05, 4.69) is 25.7 Å². The standard InChI is InChI=1S/C10H19N.C2H6/c1-8(2)10-4-5-11(7-10)6-9(10)3;1-2/h8-9H,4-7H2,1-3H3;1-2H3. The van der Waals surface area contributed by atoms with Crippen LogP contribution >= 0.6 is 0 Å². The van der Waals surface area contributed by atoms with Gasteiger partial charge in [-0.2, -0.15) is 0 Å². The number of rotatable bonds is 1. The minimum absolute atomic E-state index is 0.694. The molecule has 1 nitrogen and oxygen atoms in total. The molecular formula is C12H25N. The lowest BCUT2D eigenvalue weighted by atomic mass is 9.69. The maximum Gasteiger partial charge on any atom is 0.00441 e. The summed E-state index contributed by atoms with van der Waals surface area (Å²) in [5.41, 5.74) is 0.694. The van der Waals surface area contributed by atoms with Gasteiger partial charge < -0.3 is 4.90 Å². The number of piperidine rings is 1. The molecule has 2 heterocycles. The molecule has 0 amide bonds. The molecule has 13 heavy (non-hydrogen) atoms. The van der Waals surface area contributed by atoms with E-state index in [1.165, 1.54) is 26.1 Å². The SMILES string of the molecule is CC.CC(C)C12CCN(CC1C)C2. The fourth-order valence-electron chi connectivity index (χ4n) is 3.11. The molecule has 0 aromatic carbocycles. The number of hydrogen-bond acceptors (Lipinski definition) is 1. The first kappa shape index (κ1) is 11.0. The van der Waals surface area contributed by atoms with E-state index >= 15 is 0 Å². The maximum atomic E-state index is 2.63. The molecule has 2 bridgehead atoms. The van der Waals surface area contributed by atoms with Gasteiger partial charge in [-0.25, -0.2) is 0 Å². The van der Waals surface area contributed by atoms with Crippen molar-refractivity contribution in [3.05, 3.63) is 0 Å². The Balaban J connectivity index is 0.000000396. The molecule has 2 aliphatic heterocycles. The monoisotopic (exact) mass is 183 g/mol. The van der Waals surface area contributed by atoms with E-state index in [4.69, 9.17) is 0 Å². The van der Waals surface area contributed by atoms with E-state index in [1.54, 1.807) is 0 Å². The molecular weight excluding hydrogens is 158 g/mol. The zero-order valence-corrected chi connectivity index (χ0v) is 9.93. The molecule has 0 spiro atoms. The maximum absolute atomic E-state index is 2.63. The molecule has 1 heteroatoms. The van der Waals surface area contributed by atoms with E-state index in [0.717, 1.165) is 11.8 Å². The summed E-state index contributed by atoms with van der Waals surface area (Å²) >= 11 is 0. The lowest BCUT2D eigenvalue weighted by Gasteiger charge is -2.35. The van der Waals surface area contributed by atoms with Gasteiger partial charge in [-0.05, 0) is 30.2 Å². The van der Waals surface area contributed by atoms with Crippen LogP contribution in [0.25, 0.3) is 0 Å². The summed E-state index contributed by atoms with van der Waals surface area (Å²) in [5.74, 6) is 1.82. The highest BCUT2D eigenvalue weighted by Crippen LogP contribution is 2.49. The van der Waals surface area contributed by atoms with Gasteiger partial charge in [0.05, 0.1) is 0 Å². The molecule has 0 aliphatic carbocycles. The zero-order chi connectivity index (χ0) is 10.1. The fourth-order valence-corrected chi connectivity index (χ4v) is 3.11. The summed E-state index contributed by atoms with van der Waals surface area (Å²) in [5, 5.41) is 0. The second-order valence-electron chi connectivity index (χ2n) is 4.77. The predicted molar refractivity (Wildman–Crippen MR) is 58.8 cm³/mol. The molecule has 2 rings (SSSR count). The molecule has 0 N–H and O–H groups in total. The van der Waals surface area contributed by atoms with Crippen molar-refractivity contribution >= 4 is 0 Å². The Morgan fingerprint density at radius 1 is 1.31 bits per heavy atom. The summed E-state index contributed by atoms with van der Waals surface area (Å²) < 4.78 is 0. The highest BCUT2D eigenvalue weighted by atomic mass is 15.2. The van der Waals surface area contributed by atoms with Crippen molar-refractivity contribution in [1.29, 1.82) is 0 Å². The largest absolute Gasteiger partial charge is 0.302 e. The Kier molecular flexibility index (Phi) is 3.39. The first-order valence-electron chi connectivity index (χ1n) is 5.87. The third kappa shape index (κ3) is 1.63. The average Bonchev–Trinajstić information content (AvgIpc) is 2.65. The highest BCUT2D eigenvalue weighted by molar-refractivity contribution is 5.02. The van der Waals surface area contributed by atoms with Crippen molar-refractivity contribution in [3.63, 3.8) is 0 Å². The second-order valence-corrected chi connectivity index (χ2v) is 4.77. The van der Waals surface area contributed by atoms with Crippen molar-refractivity contribution in [1.82, 2.24) is 4.90 Å². The van der Waals surface area contributed by atoms with Gasteiger partial charge in [-0.1, -0.05) is 34.6 Å². The molecule has 2 aliphatic rings. The first-order valence-corrected chi connectivity index (χ1v) is 5.87. The van der Waals surface area contributed by atoms with Crippen LogP contribution in [0.15, 0.2) is 0 Å². The molecule has 0 radical (unpaired) electrons. The lowest BCUT2D eigenvalue weighted by molar-refractivity contribution is 0.151.